The molecule has 8 heteroatoms. The van der Waals surface area contributed by atoms with Gasteiger partial charge in [-0.2, -0.15) is 0 Å². The second-order valence-electron chi connectivity index (χ2n) is 11.6. The zero-order valence-electron chi connectivity index (χ0n) is 23.8. The van der Waals surface area contributed by atoms with Crippen molar-refractivity contribution in [3.8, 4) is 5.75 Å². The number of aromatic carboxylic acids is 1. The Balaban J connectivity index is 1.33. The Morgan fingerprint density at radius 3 is 2.38 bits per heavy atom. The number of carboxylic acids is 1. The molecule has 2 N–H and O–H groups in total. The Kier molecular flexibility index (Phi) is 8.80. The van der Waals surface area contributed by atoms with E-state index in [2.05, 4.69) is 26.1 Å². The lowest BCUT2D eigenvalue weighted by Crippen LogP contribution is -2.27. The van der Waals surface area contributed by atoms with Gasteiger partial charge in [-0.05, 0) is 108 Å². The van der Waals surface area contributed by atoms with Crippen LogP contribution >= 0.6 is 22.9 Å². The monoisotopic (exact) mass is 600 g/mol. The Hall–Kier alpha value is -3.94. The first-order valence-corrected chi connectivity index (χ1v) is 15.1. The molecule has 1 aliphatic rings. The fourth-order valence-corrected chi connectivity index (χ4v) is 6.45. The molecule has 1 aromatic heterocycles. The summed E-state index contributed by atoms with van der Waals surface area (Å²) in [5.74, 6) is 0.134. The van der Waals surface area contributed by atoms with Gasteiger partial charge in [0.05, 0.1) is 11.1 Å². The van der Waals surface area contributed by atoms with Crippen molar-refractivity contribution in [3.05, 3.63) is 111 Å². The van der Waals surface area contributed by atoms with Crippen LogP contribution in [0.4, 0.5) is 10.7 Å². The van der Waals surface area contributed by atoms with Crippen LogP contribution in [0.15, 0.2) is 77.8 Å². The third-order valence-corrected chi connectivity index (χ3v) is 9.03. The Morgan fingerprint density at radius 1 is 1.05 bits per heavy atom. The van der Waals surface area contributed by atoms with E-state index in [1.54, 1.807) is 66.1 Å². The van der Waals surface area contributed by atoms with E-state index in [0.29, 0.717) is 39.5 Å². The molecule has 1 aliphatic carbocycles. The van der Waals surface area contributed by atoms with Crippen LogP contribution in [-0.2, 0) is 19.4 Å². The highest BCUT2D eigenvalue weighted by Gasteiger charge is 2.33. The fourth-order valence-electron chi connectivity index (χ4n) is 5.06. The van der Waals surface area contributed by atoms with Gasteiger partial charge in [-0.15, -0.1) is 11.3 Å². The van der Waals surface area contributed by atoms with E-state index in [9.17, 15) is 9.59 Å². The van der Waals surface area contributed by atoms with Gasteiger partial charge in [0, 0.05) is 21.8 Å². The summed E-state index contributed by atoms with van der Waals surface area (Å²) in [7, 11) is 0. The van der Waals surface area contributed by atoms with Crippen LogP contribution in [0, 0.1) is 11.3 Å². The lowest BCUT2D eigenvalue weighted by atomic mass is 9.72. The van der Waals surface area contributed by atoms with Crippen molar-refractivity contribution in [2.24, 2.45) is 16.3 Å². The van der Waals surface area contributed by atoms with Gasteiger partial charge in [0.1, 0.15) is 17.4 Å². The molecule has 4 aromatic rings. The first kappa shape index (κ1) is 29.5. The largest absolute Gasteiger partial charge is 0.489 e. The van der Waals surface area contributed by atoms with Gasteiger partial charge in [-0.1, -0.05) is 44.5 Å². The van der Waals surface area contributed by atoms with E-state index in [4.69, 9.17) is 26.4 Å². The standard InChI is InChI=1S/C34H33ClN2O4S/c1-34(2,3)24-10-17-28-29(18-24)42-32(30(28)31(38)37-26-13-11-25(35)12-14-26)36-19-21-6-15-27(16-7-21)41-20-22-4-8-23(9-5-22)33(39)40/h4-9,11-16,19,24H,10,17-18,20H2,1-3H3,(H,37,38)(H,39,40)/t24-/m1/s1. The quantitative estimate of drug-likeness (QED) is 0.198. The van der Waals surface area contributed by atoms with Crippen LogP contribution in [0.25, 0.3) is 0 Å². The predicted molar refractivity (Wildman–Crippen MR) is 170 cm³/mol. The highest BCUT2D eigenvalue weighted by molar-refractivity contribution is 7.16. The van der Waals surface area contributed by atoms with Crippen molar-refractivity contribution in [2.75, 3.05) is 5.32 Å². The normalized spacial score (nSPS) is 14.9. The van der Waals surface area contributed by atoms with E-state index in [0.717, 1.165) is 36.0 Å². The summed E-state index contributed by atoms with van der Waals surface area (Å²) >= 11 is 7.64. The minimum Gasteiger partial charge on any atom is -0.489 e. The Labute approximate surface area is 255 Å². The van der Waals surface area contributed by atoms with Crippen molar-refractivity contribution in [3.63, 3.8) is 0 Å². The lowest BCUT2D eigenvalue weighted by Gasteiger charge is -2.33. The molecular formula is C34H33ClN2O4S. The molecule has 0 saturated heterocycles. The molecule has 6 nitrogen and oxygen atoms in total. The average Bonchev–Trinajstić information content (AvgIpc) is 3.34. The number of halogens is 1. The van der Waals surface area contributed by atoms with Gasteiger partial charge < -0.3 is 15.2 Å². The van der Waals surface area contributed by atoms with Crippen molar-refractivity contribution in [2.45, 2.75) is 46.6 Å². The van der Waals surface area contributed by atoms with Crippen LogP contribution in [0.5, 0.6) is 5.75 Å². The number of rotatable bonds is 8. The number of hydrogen-bond donors (Lipinski definition) is 2. The molecule has 216 valence electrons. The van der Waals surface area contributed by atoms with Crippen LogP contribution in [-0.4, -0.2) is 23.2 Å². The number of carbonyl (C=O) groups is 2. The van der Waals surface area contributed by atoms with Gasteiger partial charge in [-0.25, -0.2) is 9.79 Å². The summed E-state index contributed by atoms with van der Waals surface area (Å²) in [6, 6.07) is 21.3. The fraction of sp³-hybridized carbons (Fsp3) is 0.265. The van der Waals surface area contributed by atoms with Crippen molar-refractivity contribution < 1.29 is 19.4 Å². The van der Waals surface area contributed by atoms with Crippen LogP contribution in [0.2, 0.25) is 5.02 Å². The number of ether oxygens (including phenoxy) is 1. The van der Waals surface area contributed by atoms with Crippen molar-refractivity contribution in [1.82, 2.24) is 0 Å². The van der Waals surface area contributed by atoms with E-state index in [1.165, 1.54) is 4.88 Å². The molecule has 1 amide bonds. The highest BCUT2D eigenvalue weighted by atomic mass is 35.5. The molecule has 0 fully saturated rings. The van der Waals surface area contributed by atoms with E-state index in [-0.39, 0.29) is 16.9 Å². The number of hydrogen-bond acceptors (Lipinski definition) is 5. The van der Waals surface area contributed by atoms with Gasteiger partial charge in [0.2, 0.25) is 0 Å². The molecule has 0 spiro atoms. The van der Waals surface area contributed by atoms with Gasteiger partial charge >= 0.3 is 5.97 Å². The van der Waals surface area contributed by atoms with Crippen LogP contribution in [0.1, 0.15) is 69.5 Å². The minimum atomic E-state index is -0.953. The summed E-state index contributed by atoms with van der Waals surface area (Å²) < 4.78 is 5.87. The molecular weight excluding hydrogens is 568 g/mol. The van der Waals surface area contributed by atoms with Crippen LogP contribution < -0.4 is 10.1 Å². The lowest BCUT2D eigenvalue weighted by molar-refractivity contribution is 0.0696. The molecule has 0 unspecified atom stereocenters. The number of amides is 1. The van der Waals surface area contributed by atoms with Crippen molar-refractivity contribution in [1.29, 1.82) is 0 Å². The maximum Gasteiger partial charge on any atom is 0.335 e. The van der Waals surface area contributed by atoms with E-state index >= 15 is 0 Å². The number of aliphatic imine (C=N–C) groups is 1. The number of thiophene rings is 1. The number of carbonyl (C=O) groups excluding carboxylic acids is 1. The summed E-state index contributed by atoms with van der Waals surface area (Å²) in [4.78, 5) is 30.7. The van der Waals surface area contributed by atoms with Gasteiger partial charge in [0.15, 0.2) is 0 Å². The first-order valence-electron chi connectivity index (χ1n) is 13.9. The average molecular weight is 601 g/mol. The van der Waals surface area contributed by atoms with Crippen molar-refractivity contribution >= 4 is 51.7 Å². The highest BCUT2D eigenvalue weighted by Crippen LogP contribution is 2.45. The zero-order chi connectivity index (χ0) is 29.9. The SMILES string of the molecule is CC(C)(C)[C@@H]1CCc2c(sc(N=Cc3ccc(OCc4ccc(C(=O)O)cc4)cc3)c2C(=O)Nc2ccc(Cl)cc2)C1. The van der Waals surface area contributed by atoms with Gasteiger partial charge in [0.25, 0.3) is 5.91 Å². The van der Waals surface area contributed by atoms with Crippen LogP contribution in [0.3, 0.4) is 0 Å². The maximum absolute atomic E-state index is 13.6. The number of carboxylic acid groups (broad SMARTS) is 1. The zero-order valence-corrected chi connectivity index (χ0v) is 25.4. The van der Waals surface area contributed by atoms with E-state index < -0.39 is 5.97 Å². The molecule has 0 aliphatic heterocycles. The maximum atomic E-state index is 13.6. The number of nitrogens with one attached hydrogen (secondary N) is 1. The molecule has 0 bridgehead atoms. The molecule has 0 saturated carbocycles. The first-order chi connectivity index (χ1) is 20.1. The number of benzene rings is 3. The predicted octanol–water partition coefficient (Wildman–Crippen LogP) is 8.83. The molecule has 5 rings (SSSR count). The third-order valence-electron chi connectivity index (χ3n) is 7.62. The number of nitrogens with zero attached hydrogens (tertiary/aromatic N) is 1. The third kappa shape index (κ3) is 7.09. The second kappa shape index (κ2) is 12.5. The topological polar surface area (TPSA) is 88.0 Å². The Bertz CT molecular complexity index is 1600. The summed E-state index contributed by atoms with van der Waals surface area (Å²) in [6.07, 6.45) is 4.64. The molecule has 42 heavy (non-hydrogen) atoms. The summed E-state index contributed by atoms with van der Waals surface area (Å²) in [5.41, 5.74) is 4.66. The second-order valence-corrected chi connectivity index (χ2v) is 13.1. The smallest absolute Gasteiger partial charge is 0.335 e. The summed E-state index contributed by atoms with van der Waals surface area (Å²) in [5, 5.41) is 13.4. The number of fused-ring (bicyclic) bond motifs is 1. The molecule has 1 atom stereocenters. The number of anilines is 1. The Morgan fingerprint density at radius 2 is 1.74 bits per heavy atom. The minimum absolute atomic E-state index is 0.156. The molecule has 1 heterocycles. The molecule has 3 aromatic carbocycles. The molecule has 0 radical (unpaired) electrons. The summed E-state index contributed by atoms with van der Waals surface area (Å²) in [6.45, 7) is 7.18. The van der Waals surface area contributed by atoms with Gasteiger partial charge in [-0.3, -0.25) is 4.79 Å². The van der Waals surface area contributed by atoms with E-state index in [1.807, 2.05) is 24.3 Å².